The smallest absolute Gasteiger partial charge is 0.0401 e. The average Bonchev–Trinajstić information content (AvgIpc) is 2.24. The van der Waals surface area contributed by atoms with Crippen LogP contribution < -0.4 is 0 Å². The molecule has 0 aliphatic rings. The predicted molar refractivity (Wildman–Crippen MR) is 73.3 cm³/mol. The second-order valence-electron chi connectivity index (χ2n) is 4.90. The molecule has 0 aliphatic carbocycles. The Morgan fingerprint density at radius 1 is 1.19 bits per heavy atom. The van der Waals surface area contributed by atoms with Gasteiger partial charge in [-0.2, -0.15) is 0 Å². The lowest BCUT2D eigenvalue weighted by atomic mass is 9.95. The van der Waals surface area contributed by atoms with E-state index >= 15 is 0 Å². The molecule has 1 heteroatoms. The summed E-state index contributed by atoms with van der Waals surface area (Å²) in [5.74, 6) is 0.605. The van der Waals surface area contributed by atoms with Crippen LogP contribution in [0.2, 0.25) is 0 Å². The fourth-order valence-corrected chi connectivity index (χ4v) is 2.30. The molecule has 1 rings (SSSR count). The van der Waals surface area contributed by atoms with Crippen molar-refractivity contribution in [2.24, 2.45) is 5.92 Å². The highest BCUT2D eigenvalue weighted by Gasteiger charge is 2.14. The molecule has 2 unspecified atom stereocenters. The lowest BCUT2D eigenvalue weighted by Crippen LogP contribution is -2.14. The summed E-state index contributed by atoms with van der Waals surface area (Å²) in [6, 6.07) is 6.67. The van der Waals surface area contributed by atoms with E-state index in [0.29, 0.717) is 5.92 Å². The van der Waals surface area contributed by atoms with E-state index in [2.05, 4.69) is 45.9 Å². The normalized spacial score (nSPS) is 14.8. The lowest BCUT2D eigenvalue weighted by molar-refractivity contribution is 0.494. The van der Waals surface area contributed by atoms with Crippen LogP contribution in [0.4, 0.5) is 0 Å². The molecule has 0 heterocycles. The molecule has 16 heavy (non-hydrogen) atoms. The van der Waals surface area contributed by atoms with E-state index in [-0.39, 0.29) is 5.38 Å². The molecule has 0 aliphatic heterocycles. The second kappa shape index (κ2) is 6.30. The number of halogens is 1. The zero-order chi connectivity index (χ0) is 12.1. The molecule has 1 aromatic rings. The summed E-state index contributed by atoms with van der Waals surface area (Å²) in [5.41, 5.74) is 4.09. The van der Waals surface area contributed by atoms with Crippen molar-refractivity contribution in [1.29, 1.82) is 0 Å². The van der Waals surface area contributed by atoms with Crippen LogP contribution in [0.25, 0.3) is 0 Å². The Labute approximate surface area is 105 Å². The molecular weight excluding hydrogens is 216 g/mol. The standard InChI is InChI=1S/C15H23Cl/c1-5-6-12(3)15(16)10-14-8-7-11(2)13(4)9-14/h7-9,12,15H,5-6,10H2,1-4H3. The van der Waals surface area contributed by atoms with Gasteiger partial charge in [0.15, 0.2) is 0 Å². The summed E-state index contributed by atoms with van der Waals surface area (Å²) in [6.45, 7) is 8.78. The fraction of sp³-hybridized carbons (Fsp3) is 0.600. The third-order valence-corrected chi connectivity index (χ3v) is 3.95. The van der Waals surface area contributed by atoms with Crippen LogP contribution in [-0.4, -0.2) is 5.38 Å². The minimum Gasteiger partial charge on any atom is -0.122 e. The maximum atomic E-state index is 6.44. The summed E-state index contributed by atoms with van der Waals surface area (Å²) < 4.78 is 0. The van der Waals surface area contributed by atoms with Crippen LogP contribution in [0.5, 0.6) is 0 Å². The van der Waals surface area contributed by atoms with E-state index in [0.717, 1.165) is 6.42 Å². The maximum absolute atomic E-state index is 6.44. The number of rotatable bonds is 5. The molecule has 0 N–H and O–H groups in total. The zero-order valence-corrected chi connectivity index (χ0v) is 11.6. The van der Waals surface area contributed by atoms with Crippen molar-refractivity contribution < 1.29 is 0 Å². The molecule has 0 saturated carbocycles. The van der Waals surface area contributed by atoms with Gasteiger partial charge < -0.3 is 0 Å². The summed E-state index contributed by atoms with van der Waals surface area (Å²) in [7, 11) is 0. The topological polar surface area (TPSA) is 0 Å². The third kappa shape index (κ3) is 3.83. The number of benzene rings is 1. The molecule has 0 amide bonds. The van der Waals surface area contributed by atoms with Crippen molar-refractivity contribution in [3.63, 3.8) is 0 Å². The van der Waals surface area contributed by atoms with Crippen molar-refractivity contribution in [3.05, 3.63) is 34.9 Å². The van der Waals surface area contributed by atoms with Crippen LogP contribution in [-0.2, 0) is 6.42 Å². The van der Waals surface area contributed by atoms with Crippen molar-refractivity contribution in [2.45, 2.75) is 52.3 Å². The van der Waals surface area contributed by atoms with Crippen LogP contribution >= 0.6 is 11.6 Å². The van der Waals surface area contributed by atoms with Gasteiger partial charge in [0.1, 0.15) is 0 Å². The van der Waals surface area contributed by atoms with Crippen molar-refractivity contribution >= 4 is 11.6 Å². The highest BCUT2D eigenvalue weighted by atomic mass is 35.5. The number of aryl methyl sites for hydroxylation is 2. The highest BCUT2D eigenvalue weighted by molar-refractivity contribution is 6.20. The summed E-state index contributed by atoms with van der Waals surface area (Å²) in [4.78, 5) is 0. The van der Waals surface area contributed by atoms with Gasteiger partial charge in [0.2, 0.25) is 0 Å². The van der Waals surface area contributed by atoms with Gasteiger partial charge in [-0.25, -0.2) is 0 Å². The molecule has 0 spiro atoms. The monoisotopic (exact) mass is 238 g/mol. The van der Waals surface area contributed by atoms with Crippen molar-refractivity contribution in [3.8, 4) is 0 Å². The summed E-state index contributed by atoms with van der Waals surface area (Å²) >= 11 is 6.44. The third-order valence-electron chi connectivity index (χ3n) is 3.36. The first-order valence-corrected chi connectivity index (χ1v) is 6.68. The average molecular weight is 239 g/mol. The first-order valence-electron chi connectivity index (χ1n) is 6.24. The molecule has 1 aromatic carbocycles. The molecule has 0 radical (unpaired) electrons. The van der Waals surface area contributed by atoms with E-state index in [1.54, 1.807) is 0 Å². The van der Waals surface area contributed by atoms with Gasteiger partial charge in [0.05, 0.1) is 0 Å². The van der Waals surface area contributed by atoms with E-state index in [9.17, 15) is 0 Å². The molecule has 90 valence electrons. The molecule has 0 fully saturated rings. The van der Waals surface area contributed by atoms with Crippen LogP contribution in [0, 0.1) is 19.8 Å². The number of alkyl halides is 1. The van der Waals surface area contributed by atoms with Crippen LogP contribution in [0.15, 0.2) is 18.2 Å². The molecule has 2 atom stereocenters. The molecular formula is C15H23Cl. The van der Waals surface area contributed by atoms with Gasteiger partial charge in [-0.15, -0.1) is 11.6 Å². The van der Waals surface area contributed by atoms with E-state index in [1.165, 1.54) is 29.5 Å². The van der Waals surface area contributed by atoms with Crippen LogP contribution in [0.1, 0.15) is 43.4 Å². The Bertz CT molecular complexity index is 330. The van der Waals surface area contributed by atoms with Gasteiger partial charge in [0, 0.05) is 5.38 Å². The van der Waals surface area contributed by atoms with E-state index in [1.807, 2.05) is 0 Å². The molecule has 0 saturated heterocycles. The minimum absolute atomic E-state index is 0.266. The summed E-state index contributed by atoms with van der Waals surface area (Å²) in [5, 5.41) is 0.266. The number of hydrogen-bond acceptors (Lipinski definition) is 0. The second-order valence-corrected chi connectivity index (χ2v) is 5.47. The van der Waals surface area contributed by atoms with E-state index in [4.69, 9.17) is 11.6 Å². The molecule has 0 aromatic heterocycles. The first-order chi connectivity index (χ1) is 7.54. The SMILES string of the molecule is CCCC(C)C(Cl)Cc1ccc(C)c(C)c1. The fourth-order valence-electron chi connectivity index (χ4n) is 1.99. The first kappa shape index (κ1) is 13.6. The Morgan fingerprint density at radius 2 is 1.88 bits per heavy atom. The summed E-state index contributed by atoms with van der Waals surface area (Å²) in [6.07, 6.45) is 3.43. The Kier molecular flexibility index (Phi) is 5.34. The van der Waals surface area contributed by atoms with Crippen molar-refractivity contribution in [2.75, 3.05) is 0 Å². The quantitative estimate of drug-likeness (QED) is 0.641. The lowest BCUT2D eigenvalue weighted by Gasteiger charge is -2.17. The largest absolute Gasteiger partial charge is 0.122 e. The zero-order valence-electron chi connectivity index (χ0n) is 10.9. The minimum atomic E-state index is 0.266. The molecule has 0 nitrogen and oxygen atoms in total. The Hall–Kier alpha value is -0.490. The van der Waals surface area contributed by atoms with Gasteiger partial charge >= 0.3 is 0 Å². The van der Waals surface area contributed by atoms with E-state index < -0.39 is 0 Å². The predicted octanol–water partition coefficient (Wildman–Crippen LogP) is 4.89. The Morgan fingerprint density at radius 3 is 2.44 bits per heavy atom. The number of hydrogen-bond donors (Lipinski definition) is 0. The highest BCUT2D eigenvalue weighted by Crippen LogP contribution is 2.21. The van der Waals surface area contributed by atoms with Gasteiger partial charge in [0.25, 0.3) is 0 Å². The van der Waals surface area contributed by atoms with Crippen LogP contribution in [0.3, 0.4) is 0 Å². The maximum Gasteiger partial charge on any atom is 0.0401 e. The van der Waals surface area contributed by atoms with Crippen molar-refractivity contribution in [1.82, 2.24) is 0 Å². The van der Waals surface area contributed by atoms with Gasteiger partial charge in [-0.05, 0) is 49.3 Å². The Balaban J connectivity index is 2.62. The van der Waals surface area contributed by atoms with Gasteiger partial charge in [-0.3, -0.25) is 0 Å². The van der Waals surface area contributed by atoms with Gasteiger partial charge in [-0.1, -0.05) is 38.5 Å². The molecule has 0 bridgehead atoms.